The molecule has 0 heterocycles. The molecule has 10 heteroatoms. The number of aliphatic hydroxyl groups is 1. The molecule has 61 heavy (non-hydrogen) atoms. The zero-order valence-corrected chi connectivity index (χ0v) is 40.0. The van der Waals surface area contributed by atoms with E-state index in [0.717, 1.165) is 50.5 Å². The molecule has 6 aliphatic carbocycles. The second kappa shape index (κ2) is 15.5. The fourth-order valence-electron chi connectivity index (χ4n) is 15.2. The van der Waals surface area contributed by atoms with Crippen molar-refractivity contribution in [2.75, 3.05) is 33.7 Å². The van der Waals surface area contributed by atoms with Crippen LogP contribution in [0.15, 0.2) is 35.4 Å². The highest BCUT2D eigenvalue weighted by Gasteiger charge is 2.74. The van der Waals surface area contributed by atoms with Crippen LogP contribution in [0.4, 0.5) is 0 Å². The van der Waals surface area contributed by atoms with Crippen LogP contribution in [0.2, 0.25) is 5.02 Å². The van der Waals surface area contributed by atoms with Crippen LogP contribution >= 0.6 is 11.6 Å². The molecule has 0 saturated heterocycles. The van der Waals surface area contributed by atoms with Crippen molar-refractivity contribution in [3.8, 4) is 0 Å². The van der Waals surface area contributed by atoms with Crippen LogP contribution in [-0.4, -0.2) is 89.6 Å². The molecule has 6 aliphatic rings. The number of ether oxygens (including phenoxy) is 1. The van der Waals surface area contributed by atoms with E-state index in [2.05, 4.69) is 55.4 Å². The van der Waals surface area contributed by atoms with E-state index in [4.69, 9.17) is 16.3 Å². The van der Waals surface area contributed by atoms with Crippen LogP contribution in [0, 0.1) is 67.5 Å². The number of hydrogen-bond donors (Lipinski definition) is 2. The van der Waals surface area contributed by atoms with Crippen molar-refractivity contribution in [2.45, 2.75) is 146 Å². The molecular formula is C51H75ClN2O7. The molecule has 0 spiro atoms. The van der Waals surface area contributed by atoms with E-state index in [1.54, 1.807) is 17.0 Å². The summed E-state index contributed by atoms with van der Waals surface area (Å²) in [6.07, 6.45) is 6.73. The fourth-order valence-corrected chi connectivity index (χ4v) is 15.4. The van der Waals surface area contributed by atoms with E-state index in [-0.39, 0.29) is 75.6 Å². The monoisotopic (exact) mass is 863 g/mol. The van der Waals surface area contributed by atoms with Gasteiger partial charge >= 0.3 is 11.9 Å². The molecule has 1 unspecified atom stereocenters. The van der Waals surface area contributed by atoms with Crippen molar-refractivity contribution in [3.05, 3.63) is 46.0 Å². The number of likely N-dealkylation sites (N-methyl/N-ethyl adjacent to an activating group) is 1. The van der Waals surface area contributed by atoms with Crippen molar-refractivity contribution in [1.29, 1.82) is 0 Å². The van der Waals surface area contributed by atoms with Gasteiger partial charge in [-0.15, -0.1) is 0 Å². The molecule has 5 fully saturated rings. The Morgan fingerprint density at radius 3 is 2.11 bits per heavy atom. The number of carbonyl (C=O) groups is 4. The number of allylic oxidation sites excluding steroid dienone is 1. The Labute approximate surface area is 370 Å². The Kier molecular flexibility index (Phi) is 11.7. The first-order valence-electron chi connectivity index (χ1n) is 23.3. The number of benzene rings is 1. The summed E-state index contributed by atoms with van der Waals surface area (Å²) in [5, 5.41) is 22.8. The Balaban J connectivity index is 1.18. The number of rotatable bonds is 11. The summed E-state index contributed by atoms with van der Waals surface area (Å²) in [4.78, 5) is 58.0. The summed E-state index contributed by atoms with van der Waals surface area (Å²) >= 11 is 6.57. The average Bonchev–Trinajstić information content (AvgIpc) is 3.49. The molecule has 0 bridgehead atoms. The number of esters is 1. The topological polar surface area (TPSA) is 124 Å². The number of nitrogens with zero attached hydrogens (tertiary/aromatic N) is 2. The number of aliphatic hydroxyl groups excluding tert-OH is 1. The lowest BCUT2D eigenvalue weighted by Gasteiger charge is -2.75. The van der Waals surface area contributed by atoms with Gasteiger partial charge in [0.1, 0.15) is 6.10 Å². The molecule has 338 valence electrons. The molecule has 1 aromatic carbocycles. The first-order valence-corrected chi connectivity index (χ1v) is 23.7. The maximum absolute atomic E-state index is 14.4. The fraction of sp³-hybridized carbons (Fsp3) is 0.765. The Bertz CT molecular complexity index is 1990. The van der Waals surface area contributed by atoms with E-state index in [9.17, 15) is 29.4 Å². The summed E-state index contributed by atoms with van der Waals surface area (Å²) in [7, 11) is 3.95. The third kappa shape index (κ3) is 6.64. The van der Waals surface area contributed by atoms with Gasteiger partial charge in [-0.05, 0) is 134 Å². The van der Waals surface area contributed by atoms with Crippen molar-refractivity contribution in [1.82, 2.24) is 9.80 Å². The van der Waals surface area contributed by atoms with Gasteiger partial charge < -0.3 is 24.7 Å². The van der Waals surface area contributed by atoms with Gasteiger partial charge in [0.05, 0.1) is 28.5 Å². The van der Waals surface area contributed by atoms with Crippen LogP contribution in [0.5, 0.6) is 0 Å². The molecule has 7 rings (SSSR count). The van der Waals surface area contributed by atoms with Crippen LogP contribution in [0.1, 0.15) is 144 Å². The molecule has 1 aromatic rings. The number of carboxylic acids is 1. The van der Waals surface area contributed by atoms with Crippen molar-refractivity contribution >= 4 is 35.2 Å². The highest BCUT2D eigenvalue weighted by atomic mass is 35.5. The number of carboxylic acid groups (broad SMARTS) is 1. The van der Waals surface area contributed by atoms with E-state index in [1.807, 2.05) is 45.0 Å². The highest BCUT2D eigenvalue weighted by molar-refractivity contribution is 6.33. The average molecular weight is 864 g/mol. The lowest BCUT2D eigenvalue weighted by Crippen LogP contribution is -2.70. The Morgan fingerprint density at radius 2 is 1.51 bits per heavy atom. The first-order chi connectivity index (χ1) is 28.2. The molecule has 9 nitrogen and oxygen atoms in total. The number of fused-ring (bicyclic) bond motifs is 7. The van der Waals surface area contributed by atoms with Gasteiger partial charge in [0.25, 0.3) is 5.91 Å². The Hall–Kier alpha value is -2.75. The number of hydrogen-bond acceptors (Lipinski definition) is 7. The number of halogens is 1. The normalized spacial score (nSPS) is 39.1. The number of Topliss-reactive ketones (excluding diaryl/α,β-unsaturated/α-hetero) is 1. The summed E-state index contributed by atoms with van der Waals surface area (Å²) < 4.78 is 6.50. The summed E-state index contributed by atoms with van der Waals surface area (Å²) in [6.45, 7) is 23.8. The number of amides is 1. The quantitative estimate of drug-likeness (QED) is 0.211. The van der Waals surface area contributed by atoms with E-state index >= 15 is 0 Å². The summed E-state index contributed by atoms with van der Waals surface area (Å²) in [5.41, 5.74) is 0.503. The largest absolute Gasteiger partial charge is 0.481 e. The molecule has 0 aliphatic heterocycles. The third-order valence-corrected chi connectivity index (χ3v) is 20.2. The third-order valence-electron chi connectivity index (χ3n) is 19.9. The van der Waals surface area contributed by atoms with E-state index in [0.29, 0.717) is 42.4 Å². The number of ketones is 1. The maximum Gasteiger partial charge on any atom is 0.309 e. The minimum absolute atomic E-state index is 0.0190. The molecule has 0 aromatic heterocycles. The molecule has 11 atom stereocenters. The lowest BCUT2D eigenvalue weighted by molar-refractivity contribution is -0.273. The number of aliphatic carboxylic acids is 1. The van der Waals surface area contributed by atoms with Gasteiger partial charge in [-0.25, -0.2) is 0 Å². The molecule has 0 radical (unpaired) electrons. The van der Waals surface area contributed by atoms with Gasteiger partial charge in [-0.3, -0.25) is 19.2 Å². The van der Waals surface area contributed by atoms with Crippen LogP contribution in [-0.2, 0) is 19.1 Å². The lowest BCUT2D eigenvalue weighted by atomic mass is 9.29. The second-order valence-electron chi connectivity index (χ2n) is 23.2. The van der Waals surface area contributed by atoms with Gasteiger partial charge in [-0.2, -0.15) is 0 Å². The smallest absolute Gasteiger partial charge is 0.309 e. The SMILES string of the molecule is CC(C)C1=C2[C@H]3CC[C@@H]4[C@@]5(C)CC[C@H](OC(=O)[C@H]6C[C@@H](C(=O)O)C6(C)C)C(C)(C)[C@]5(C)CC[C@@]4(C)[C@]3(C)CCC2([C@@H](O)CN(CCN(C)C)C(=O)c2ccccc2Cl)CC1=O. The van der Waals surface area contributed by atoms with Crippen molar-refractivity contribution in [2.24, 2.45) is 67.5 Å². The van der Waals surface area contributed by atoms with Crippen LogP contribution < -0.4 is 0 Å². The summed E-state index contributed by atoms with van der Waals surface area (Å²) in [5.74, 6) is -1.53. The zero-order valence-electron chi connectivity index (χ0n) is 39.3. The standard InChI is InChI=1S/C51H75ClN2O7/c1-30(2)40-36(55)28-51(38(56)29-54(26-25-53(11)12)42(57)31-15-13-14-16-35(31)52)24-22-47(7)32(41(40)51)17-18-37-48(47,8)21-23-50(10)46(5,6)39(19-20-49(37,50)9)61-44(60)34-27-33(43(58)59)45(34,3)4/h13-16,30,32-34,37-39,56H,17-29H2,1-12H3,(H,58,59)/t32-,33+,34-,37+,38+,39+,47-,48-,49-,50+,51?/m1/s1. The molecular weight excluding hydrogens is 788 g/mol. The maximum atomic E-state index is 14.4. The van der Waals surface area contributed by atoms with Crippen LogP contribution in [0.3, 0.4) is 0 Å². The van der Waals surface area contributed by atoms with Crippen LogP contribution in [0.25, 0.3) is 0 Å². The van der Waals surface area contributed by atoms with Gasteiger partial charge in [-0.1, -0.05) is 98.5 Å². The minimum atomic E-state index is -0.919. The van der Waals surface area contributed by atoms with Crippen molar-refractivity contribution in [3.63, 3.8) is 0 Å². The minimum Gasteiger partial charge on any atom is -0.481 e. The predicted octanol–water partition coefficient (Wildman–Crippen LogP) is 9.73. The van der Waals surface area contributed by atoms with Gasteiger partial charge in [0.15, 0.2) is 5.78 Å². The number of carbonyl (C=O) groups excluding carboxylic acids is 3. The molecule has 2 N–H and O–H groups in total. The van der Waals surface area contributed by atoms with Gasteiger partial charge in [0.2, 0.25) is 0 Å². The summed E-state index contributed by atoms with van der Waals surface area (Å²) in [6, 6.07) is 7.10. The molecule has 5 saturated carbocycles. The van der Waals surface area contributed by atoms with Crippen molar-refractivity contribution < 1.29 is 34.1 Å². The second-order valence-corrected chi connectivity index (χ2v) is 23.6. The highest BCUT2D eigenvalue weighted by Crippen LogP contribution is 2.80. The van der Waals surface area contributed by atoms with E-state index < -0.39 is 34.7 Å². The first kappa shape index (κ1) is 46.2. The Morgan fingerprint density at radius 1 is 0.852 bits per heavy atom. The zero-order chi connectivity index (χ0) is 45.0. The predicted molar refractivity (Wildman–Crippen MR) is 239 cm³/mol. The van der Waals surface area contributed by atoms with Gasteiger partial charge in [0, 0.05) is 36.9 Å². The van der Waals surface area contributed by atoms with E-state index in [1.165, 1.54) is 5.57 Å². The molecule has 1 amide bonds.